The first kappa shape index (κ1) is 14.2. The standard InChI is InChI=1S/C12H17NO5/c1-7(2)9(6-14)8-4-10(13(16)17)12(15)11(5-8)18-3/h4-5,7,9,14-15H,6H2,1-3H3. The molecule has 1 unspecified atom stereocenters. The molecule has 0 aliphatic rings. The number of aromatic hydroxyl groups is 1. The minimum Gasteiger partial charge on any atom is -0.500 e. The Morgan fingerprint density at radius 1 is 1.44 bits per heavy atom. The number of nitro groups is 1. The number of ether oxygens (including phenoxy) is 1. The van der Waals surface area contributed by atoms with Gasteiger partial charge in [0, 0.05) is 12.0 Å². The van der Waals surface area contributed by atoms with Crippen molar-refractivity contribution < 1.29 is 19.9 Å². The highest BCUT2D eigenvalue weighted by atomic mass is 16.6. The third kappa shape index (κ3) is 2.70. The summed E-state index contributed by atoms with van der Waals surface area (Å²) in [5, 5.41) is 29.8. The molecule has 0 fully saturated rings. The summed E-state index contributed by atoms with van der Waals surface area (Å²) in [5.74, 6) is -0.577. The molecular formula is C12H17NO5. The maximum atomic E-state index is 10.9. The van der Waals surface area contributed by atoms with Crippen molar-refractivity contribution in [2.45, 2.75) is 19.8 Å². The highest BCUT2D eigenvalue weighted by Crippen LogP contribution is 2.40. The summed E-state index contributed by atoms with van der Waals surface area (Å²) in [6, 6.07) is 2.79. The van der Waals surface area contributed by atoms with Crippen LogP contribution in [0.3, 0.4) is 0 Å². The molecule has 0 aliphatic carbocycles. The summed E-state index contributed by atoms with van der Waals surface area (Å²) in [5.41, 5.74) is 0.164. The first-order valence-corrected chi connectivity index (χ1v) is 5.58. The number of nitro benzene ring substituents is 1. The van der Waals surface area contributed by atoms with Gasteiger partial charge in [-0.25, -0.2) is 0 Å². The molecule has 2 N–H and O–H groups in total. The number of hydrogen-bond acceptors (Lipinski definition) is 5. The van der Waals surface area contributed by atoms with E-state index in [1.54, 1.807) is 0 Å². The van der Waals surface area contributed by atoms with Gasteiger partial charge in [0.05, 0.1) is 18.6 Å². The average Bonchev–Trinajstić information content (AvgIpc) is 2.30. The van der Waals surface area contributed by atoms with Gasteiger partial charge in [-0.3, -0.25) is 10.1 Å². The highest BCUT2D eigenvalue weighted by Gasteiger charge is 2.24. The van der Waals surface area contributed by atoms with Crippen LogP contribution in [0, 0.1) is 16.0 Å². The van der Waals surface area contributed by atoms with Gasteiger partial charge in [0.1, 0.15) is 0 Å². The molecule has 0 bridgehead atoms. The van der Waals surface area contributed by atoms with E-state index in [4.69, 9.17) is 4.74 Å². The van der Waals surface area contributed by atoms with E-state index in [0.717, 1.165) is 0 Å². The summed E-state index contributed by atoms with van der Waals surface area (Å²) < 4.78 is 4.91. The van der Waals surface area contributed by atoms with Gasteiger partial charge in [0.15, 0.2) is 5.75 Å². The Morgan fingerprint density at radius 2 is 2.06 bits per heavy atom. The number of phenolic OH excluding ortho intramolecular Hbond substituents is 1. The monoisotopic (exact) mass is 255 g/mol. The highest BCUT2D eigenvalue weighted by molar-refractivity contribution is 5.57. The largest absolute Gasteiger partial charge is 0.500 e. The van der Waals surface area contributed by atoms with Crippen molar-refractivity contribution in [3.8, 4) is 11.5 Å². The number of hydrogen-bond donors (Lipinski definition) is 2. The number of phenols is 1. The molecular weight excluding hydrogens is 238 g/mol. The fourth-order valence-electron chi connectivity index (χ4n) is 1.82. The lowest BCUT2D eigenvalue weighted by Crippen LogP contribution is -2.11. The lowest BCUT2D eigenvalue weighted by Gasteiger charge is -2.19. The first-order valence-electron chi connectivity index (χ1n) is 5.58. The van der Waals surface area contributed by atoms with E-state index in [9.17, 15) is 20.3 Å². The topological polar surface area (TPSA) is 92.8 Å². The molecule has 0 spiro atoms. The van der Waals surface area contributed by atoms with Crippen molar-refractivity contribution in [1.82, 2.24) is 0 Å². The van der Waals surface area contributed by atoms with Gasteiger partial charge < -0.3 is 14.9 Å². The summed E-state index contributed by atoms with van der Waals surface area (Å²) in [6.07, 6.45) is 0. The zero-order valence-corrected chi connectivity index (χ0v) is 10.6. The van der Waals surface area contributed by atoms with Crippen molar-refractivity contribution in [1.29, 1.82) is 0 Å². The van der Waals surface area contributed by atoms with E-state index in [-0.39, 0.29) is 24.2 Å². The third-order valence-corrected chi connectivity index (χ3v) is 2.92. The predicted molar refractivity (Wildman–Crippen MR) is 66.0 cm³/mol. The summed E-state index contributed by atoms with van der Waals surface area (Å²) in [7, 11) is 1.33. The van der Waals surface area contributed by atoms with E-state index in [1.807, 2.05) is 13.8 Å². The Balaban J connectivity index is 3.37. The van der Waals surface area contributed by atoms with E-state index in [0.29, 0.717) is 5.56 Å². The second kappa shape index (κ2) is 5.68. The molecule has 6 nitrogen and oxygen atoms in total. The Morgan fingerprint density at radius 3 is 2.44 bits per heavy atom. The Labute approximate surface area is 105 Å². The quantitative estimate of drug-likeness (QED) is 0.620. The molecule has 6 heteroatoms. The predicted octanol–water partition coefficient (Wildman–Crippen LogP) is 2.04. The van der Waals surface area contributed by atoms with Crippen LogP contribution in [0.4, 0.5) is 5.69 Å². The summed E-state index contributed by atoms with van der Waals surface area (Å²) in [6.45, 7) is 3.70. The van der Waals surface area contributed by atoms with Gasteiger partial charge >= 0.3 is 5.69 Å². The Hall–Kier alpha value is -1.82. The molecule has 0 saturated heterocycles. The van der Waals surface area contributed by atoms with Gasteiger partial charge in [-0.1, -0.05) is 13.8 Å². The molecule has 1 aromatic rings. The minimum absolute atomic E-state index is 0.0401. The van der Waals surface area contributed by atoms with Gasteiger partial charge in [-0.2, -0.15) is 0 Å². The van der Waals surface area contributed by atoms with Gasteiger partial charge in [-0.15, -0.1) is 0 Å². The maximum Gasteiger partial charge on any atom is 0.314 e. The Bertz CT molecular complexity index is 444. The van der Waals surface area contributed by atoms with E-state index < -0.39 is 16.4 Å². The van der Waals surface area contributed by atoms with Crippen LogP contribution >= 0.6 is 0 Å². The number of benzene rings is 1. The molecule has 1 rings (SSSR count). The number of nitrogens with zero attached hydrogens (tertiary/aromatic N) is 1. The van der Waals surface area contributed by atoms with Crippen LogP contribution in [-0.2, 0) is 0 Å². The number of aliphatic hydroxyl groups is 1. The van der Waals surface area contributed by atoms with Crippen LogP contribution in [0.1, 0.15) is 25.3 Å². The lowest BCUT2D eigenvalue weighted by atomic mass is 9.88. The molecule has 0 aliphatic heterocycles. The molecule has 0 aromatic heterocycles. The number of rotatable bonds is 5. The minimum atomic E-state index is -0.671. The van der Waals surface area contributed by atoms with Gasteiger partial charge in [-0.05, 0) is 17.5 Å². The molecule has 0 heterocycles. The van der Waals surface area contributed by atoms with Crippen LogP contribution in [0.15, 0.2) is 12.1 Å². The molecule has 18 heavy (non-hydrogen) atoms. The first-order chi connectivity index (χ1) is 8.42. The maximum absolute atomic E-state index is 10.9. The van der Waals surface area contributed by atoms with Crippen LogP contribution in [0.25, 0.3) is 0 Å². The number of methoxy groups -OCH3 is 1. The normalized spacial score (nSPS) is 12.5. The summed E-state index contributed by atoms with van der Waals surface area (Å²) in [4.78, 5) is 10.2. The van der Waals surface area contributed by atoms with Crippen molar-refractivity contribution in [2.75, 3.05) is 13.7 Å². The van der Waals surface area contributed by atoms with E-state index in [2.05, 4.69) is 0 Å². The zero-order valence-electron chi connectivity index (χ0n) is 10.6. The Kier molecular flexibility index (Phi) is 4.49. The second-order valence-corrected chi connectivity index (χ2v) is 4.38. The van der Waals surface area contributed by atoms with Gasteiger partial charge in [0.25, 0.3) is 0 Å². The zero-order chi connectivity index (χ0) is 13.9. The smallest absolute Gasteiger partial charge is 0.314 e. The molecule has 100 valence electrons. The molecule has 1 atom stereocenters. The van der Waals surface area contributed by atoms with Crippen LogP contribution in [-0.4, -0.2) is 28.9 Å². The fourth-order valence-corrected chi connectivity index (χ4v) is 1.82. The van der Waals surface area contributed by atoms with Crippen molar-refractivity contribution in [2.24, 2.45) is 5.92 Å². The van der Waals surface area contributed by atoms with Crippen LogP contribution in [0.5, 0.6) is 11.5 Å². The second-order valence-electron chi connectivity index (χ2n) is 4.38. The third-order valence-electron chi connectivity index (χ3n) is 2.92. The van der Waals surface area contributed by atoms with Crippen molar-refractivity contribution in [3.05, 3.63) is 27.8 Å². The van der Waals surface area contributed by atoms with Crippen LogP contribution < -0.4 is 4.74 Å². The molecule has 0 amide bonds. The van der Waals surface area contributed by atoms with E-state index >= 15 is 0 Å². The van der Waals surface area contributed by atoms with E-state index in [1.165, 1.54) is 19.2 Å². The lowest BCUT2D eigenvalue weighted by molar-refractivity contribution is -0.386. The summed E-state index contributed by atoms with van der Waals surface area (Å²) >= 11 is 0. The fraction of sp³-hybridized carbons (Fsp3) is 0.500. The molecule has 0 saturated carbocycles. The number of aliphatic hydroxyl groups excluding tert-OH is 1. The molecule has 1 aromatic carbocycles. The average molecular weight is 255 g/mol. The van der Waals surface area contributed by atoms with Crippen molar-refractivity contribution >= 4 is 5.69 Å². The SMILES string of the molecule is COc1cc(C(CO)C(C)C)cc([N+](=O)[O-])c1O. The van der Waals surface area contributed by atoms with Gasteiger partial charge in [0.2, 0.25) is 5.75 Å². The molecule has 0 radical (unpaired) electrons. The van der Waals surface area contributed by atoms with Crippen molar-refractivity contribution in [3.63, 3.8) is 0 Å². The van der Waals surface area contributed by atoms with Crippen LogP contribution in [0.2, 0.25) is 0 Å².